The highest BCUT2D eigenvalue weighted by Crippen LogP contribution is 2.26. The van der Waals surface area contributed by atoms with Crippen molar-refractivity contribution in [1.82, 2.24) is 4.90 Å². The number of rotatable bonds is 4. The molecule has 1 aromatic carbocycles. The lowest BCUT2D eigenvalue weighted by Crippen LogP contribution is -2.49. The van der Waals surface area contributed by atoms with Gasteiger partial charge < -0.3 is 20.8 Å². The fourth-order valence-electron chi connectivity index (χ4n) is 2.44. The Bertz CT molecular complexity index is 510. The fourth-order valence-corrected chi connectivity index (χ4v) is 3.62. The topological polar surface area (TPSA) is 86.8 Å². The molecule has 1 aliphatic rings. The van der Waals surface area contributed by atoms with Crippen molar-refractivity contribution < 1.29 is 15.0 Å². The summed E-state index contributed by atoms with van der Waals surface area (Å²) in [5.74, 6) is 0.558. The number of benzene rings is 1. The van der Waals surface area contributed by atoms with Gasteiger partial charge >= 0.3 is 0 Å². The summed E-state index contributed by atoms with van der Waals surface area (Å²) in [5.41, 5.74) is 6.75. The number of nitrogens with two attached hydrogens (primary N) is 1. The molecule has 1 aromatic rings. The first-order valence-electron chi connectivity index (χ1n) is 7.18. The molecule has 0 bridgehead atoms. The molecule has 2 atom stereocenters. The van der Waals surface area contributed by atoms with Gasteiger partial charge in [0, 0.05) is 24.1 Å². The Labute approximate surface area is 129 Å². The summed E-state index contributed by atoms with van der Waals surface area (Å²) in [6.45, 7) is 3.63. The highest BCUT2D eigenvalue weighted by Gasteiger charge is 2.26. The first kappa shape index (κ1) is 16.0. The van der Waals surface area contributed by atoms with Gasteiger partial charge in [0.05, 0.1) is 6.04 Å². The van der Waals surface area contributed by atoms with Gasteiger partial charge in [0.2, 0.25) is 5.91 Å². The maximum Gasteiger partial charge on any atom is 0.239 e. The van der Waals surface area contributed by atoms with Gasteiger partial charge in [-0.25, -0.2) is 0 Å². The van der Waals surface area contributed by atoms with Crippen LogP contribution in [0.3, 0.4) is 0 Å². The minimum absolute atomic E-state index is 0.0404. The van der Waals surface area contributed by atoms with Crippen molar-refractivity contribution in [2.75, 3.05) is 18.8 Å². The minimum Gasteiger partial charge on any atom is -0.504 e. The summed E-state index contributed by atoms with van der Waals surface area (Å²) in [6, 6.07) is 3.91. The maximum absolute atomic E-state index is 12.4. The summed E-state index contributed by atoms with van der Waals surface area (Å²) >= 11 is 1.91. The molecule has 1 saturated heterocycles. The number of carbonyl (C=O) groups is 1. The summed E-state index contributed by atoms with van der Waals surface area (Å²) in [4.78, 5) is 14.2. The number of amides is 1. The van der Waals surface area contributed by atoms with Crippen molar-refractivity contribution in [2.24, 2.45) is 5.73 Å². The highest BCUT2D eigenvalue weighted by atomic mass is 32.2. The summed E-state index contributed by atoms with van der Waals surface area (Å²) < 4.78 is 0. The second-order valence-electron chi connectivity index (χ2n) is 5.32. The Kier molecular flexibility index (Phi) is 5.36. The van der Waals surface area contributed by atoms with E-state index in [1.165, 1.54) is 12.1 Å². The molecule has 1 fully saturated rings. The molecule has 0 spiro atoms. The smallest absolute Gasteiger partial charge is 0.239 e. The molecule has 4 N–H and O–H groups in total. The van der Waals surface area contributed by atoms with Gasteiger partial charge in [0.25, 0.3) is 0 Å². The van der Waals surface area contributed by atoms with Crippen LogP contribution in [0.25, 0.3) is 0 Å². The van der Waals surface area contributed by atoms with Crippen LogP contribution in [0.2, 0.25) is 0 Å². The second kappa shape index (κ2) is 7.04. The van der Waals surface area contributed by atoms with Crippen LogP contribution in [-0.2, 0) is 11.2 Å². The molecule has 0 aliphatic carbocycles. The average Bonchev–Trinajstić information content (AvgIpc) is 2.50. The van der Waals surface area contributed by atoms with E-state index >= 15 is 0 Å². The summed E-state index contributed by atoms with van der Waals surface area (Å²) in [6.07, 6.45) is 1.41. The predicted octanol–water partition coefficient (Wildman–Crippen LogP) is 1.32. The van der Waals surface area contributed by atoms with E-state index in [-0.39, 0.29) is 17.4 Å². The molecule has 0 aromatic heterocycles. The molecule has 1 unspecified atom stereocenters. The molecular formula is C15H22N2O3S. The largest absolute Gasteiger partial charge is 0.504 e. The third kappa shape index (κ3) is 4.04. The Morgan fingerprint density at radius 3 is 2.90 bits per heavy atom. The van der Waals surface area contributed by atoms with Crippen LogP contribution in [0.15, 0.2) is 18.2 Å². The SMILES string of the molecule is CCC1CN(C(=O)[C@@H](N)Cc2ccc(O)c(O)c2)CCS1. The summed E-state index contributed by atoms with van der Waals surface area (Å²) in [7, 11) is 0. The van der Waals surface area contributed by atoms with Gasteiger partial charge in [-0.15, -0.1) is 0 Å². The van der Waals surface area contributed by atoms with Gasteiger partial charge in [-0.3, -0.25) is 4.79 Å². The van der Waals surface area contributed by atoms with Crippen molar-refractivity contribution in [3.8, 4) is 11.5 Å². The molecule has 0 radical (unpaired) electrons. The number of hydrogen-bond donors (Lipinski definition) is 3. The van der Waals surface area contributed by atoms with Gasteiger partial charge in [0.1, 0.15) is 0 Å². The molecule has 0 saturated carbocycles. The molecule has 6 heteroatoms. The average molecular weight is 310 g/mol. The highest BCUT2D eigenvalue weighted by molar-refractivity contribution is 8.00. The minimum atomic E-state index is -0.616. The van der Waals surface area contributed by atoms with Crippen LogP contribution in [-0.4, -0.2) is 51.2 Å². The normalized spacial score (nSPS) is 20.3. The van der Waals surface area contributed by atoms with Gasteiger partial charge in [-0.2, -0.15) is 11.8 Å². The zero-order chi connectivity index (χ0) is 15.4. The van der Waals surface area contributed by atoms with Crippen molar-refractivity contribution in [3.05, 3.63) is 23.8 Å². The zero-order valence-electron chi connectivity index (χ0n) is 12.2. The van der Waals surface area contributed by atoms with Crippen LogP contribution in [0.5, 0.6) is 11.5 Å². The molecule has 2 rings (SSSR count). The van der Waals surface area contributed by atoms with Crippen LogP contribution < -0.4 is 5.73 Å². The van der Waals surface area contributed by atoms with E-state index in [1.54, 1.807) is 6.07 Å². The van der Waals surface area contributed by atoms with Crippen molar-refractivity contribution in [2.45, 2.75) is 31.1 Å². The van der Waals surface area contributed by atoms with E-state index < -0.39 is 6.04 Å². The third-order valence-electron chi connectivity index (χ3n) is 3.72. The number of nitrogens with zero attached hydrogens (tertiary/aromatic N) is 1. The summed E-state index contributed by atoms with van der Waals surface area (Å²) in [5, 5.41) is 19.3. The number of phenolic OH excluding ortho intramolecular Hbond substituents is 2. The lowest BCUT2D eigenvalue weighted by atomic mass is 10.0. The first-order valence-corrected chi connectivity index (χ1v) is 8.23. The molecule has 21 heavy (non-hydrogen) atoms. The Morgan fingerprint density at radius 1 is 1.48 bits per heavy atom. The lowest BCUT2D eigenvalue weighted by Gasteiger charge is -2.33. The number of phenols is 2. The molecule has 1 heterocycles. The Hall–Kier alpha value is -1.40. The second-order valence-corrected chi connectivity index (χ2v) is 6.73. The zero-order valence-corrected chi connectivity index (χ0v) is 13.0. The van der Waals surface area contributed by atoms with Gasteiger partial charge in [-0.05, 0) is 30.5 Å². The molecule has 1 aliphatic heterocycles. The molecule has 116 valence electrons. The van der Waals surface area contributed by atoms with Crippen LogP contribution >= 0.6 is 11.8 Å². The standard InChI is InChI=1S/C15H22N2O3S/c1-2-11-9-17(5-6-21-11)15(20)12(16)7-10-3-4-13(18)14(19)8-10/h3-4,8,11-12,18-19H,2,5-7,9,16H2,1H3/t11?,12-/m0/s1. The van der Waals surface area contributed by atoms with E-state index in [9.17, 15) is 15.0 Å². The Balaban J connectivity index is 1.97. The monoisotopic (exact) mass is 310 g/mol. The maximum atomic E-state index is 12.4. The molecule has 5 nitrogen and oxygen atoms in total. The van der Waals surface area contributed by atoms with Gasteiger partial charge in [-0.1, -0.05) is 13.0 Å². The fraction of sp³-hybridized carbons (Fsp3) is 0.533. The molecular weight excluding hydrogens is 288 g/mol. The van der Waals surface area contributed by atoms with Crippen LogP contribution in [0.4, 0.5) is 0 Å². The van der Waals surface area contributed by atoms with E-state index in [4.69, 9.17) is 5.73 Å². The van der Waals surface area contributed by atoms with E-state index in [0.717, 1.165) is 30.8 Å². The van der Waals surface area contributed by atoms with Crippen molar-refractivity contribution >= 4 is 17.7 Å². The predicted molar refractivity (Wildman–Crippen MR) is 84.6 cm³/mol. The Morgan fingerprint density at radius 2 is 2.24 bits per heavy atom. The van der Waals surface area contributed by atoms with Gasteiger partial charge in [0.15, 0.2) is 11.5 Å². The van der Waals surface area contributed by atoms with E-state index in [1.807, 2.05) is 16.7 Å². The van der Waals surface area contributed by atoms with E-state index in [2.05, 4.69) is 6.92 Å². The first-order chi connectivity index (χ1) is 10.0. The number of aromatic hydroxyl groups is 2. The third-order valence-corrected chi connectivity index (χ3v) is 5.09. The van der Waals surface area contributed by atoms with Crippen LogP contribution in [0, 0.1) is 0 Å². The quantitative estimate of drug-likeness (QED) is 0.730. The number of hydrogen-bond acceptors (Lipinski definition) is 5. The van der Waals surface area contributed by atoms with Crippen molar-refractivity contribution in [1.29, 1.82) is 0 Å². The van der Waals surface area contributed by atoms with Crippen LogP contribution in [0.1, 0.15) is 18.9 Å². The van der Waals surface area contributed by atoms with Crippen molar-refractivity contribution in [3.63, 3.8) is 0 Å². The molecule has 1 amide bonds. The number of thioether (sulfide) groups is 1. The lowest BCUT2D eigenvalue weighted by molar-refractivity contribution is -0.132. The van der Waals surface area contributed by atoms with E-state index in [0.29, 0.717) is 11.7 Å². The number of carbonyl (C=O) groups excluding carboxylic acids is 1.